The van der Waals surface area contributed by atoms with Crippen LogP contribution in [0, 0.1) is 20.8 Å². The number of methoxy groups -OCH3 is 1. The smallest absolute Gasteiger partial charge is 0.275 e. The largest absolute Gasteiger partial charge is 0.496 e. The van der Waals surface area contributed by atoms with Crippen molar-refractivity contribution in [2.75, 3.05) is 7.11 Å². The highest BCUT2D eigenvalue weighted by Crippen LogP contribution is 2.48. The Morgan fingerprint density at radius 3 is 1.16 bits per heavy atom. The first-order chi connectivity index (χ1) is 23.5. The zero-order valence-corrected chi connectivity index (χ0v) is 35.8. The third-order valence-electron chi connectivity index (χ3n) is 9.46. The van der Waals surface area contributed by atoms with Gasteiger partial charge >= 0.3 is 0 Å². The summed E-state index contributed by atoms with van der Waals surface area (Å²) in [6, 6.07) is 21.0. The monoisotopic (exact) mass is 730 g/mol. The molecule has 0 fully saturated rings. The predicted octanol–water partition coefficient (Wildman–Crippen LogP) is 13.4. The van der Waals surface area contributed by atoms with Crippen LogP contribution in [0.1, 0.15) is 122 Å². The van der Waals surface area contributed by atoms with E-state index in [0.29, 0.717) is 5.75 Å². The Kier molecular flexibility index (Phi) is 12.2. The van der Waals surface area contributed by atoms with Crippen LogP contribution in [0.15, 0.2) is 60.7 Å². The molecule has 5 nitrogen and oxygen atoms in total. The number of aryl methyl sites for hydroxylation is 1. The van der Waals surface area contributed by atoms with Crippen molar-refractivity contribution >= 4 is 18.1 Å². The lowest BCUT2D eigenvalue weighted by molar-refractivity contribution is 0.411. The molecule has 0 saturated heterocycles. The van der Waals surface area contributed by atoms with Crippen LogP contribution >= 0.6 is 18.1 Å². The number of hydrogen-bond donors (Lipinski definition) is 0. The van der Waals surface area contributed by atoms with Gasteiger partial charge in [-0.05, 0) is 95.0 Å². The van der Waals surface area contributed by atoms with Crippen LogP contribution in [0.2, 0.25) is 0 Å². The molecule has 0 N–H and O–H groups in total. The van der Waals surface area contributed by atoms with Crippen LogP contribution in [0.25, 0.3) is 11.1 Å². The first-order valence-electron chi connectivity index (χ1n) is 17.8. The van der Waals surface area contributed by atoms with Gasteiger partial charge in [-0.25, -0.2) is 0 Å². The van der Waals surface area contributed by atoms with E-state index in [0.717, 1.165) is 61.9 Å². The summed E-state index contributed by atoms with van der Waals surface area (Å²) in [7, 11) is 1.18. The lowest BCUT2D eigenvalue weighted by Gasteiger charge is -2.27. The Morgan fingerprint density at radius 2 is 0.765 bits per heavy atom. The number of hydrogen-bond acceptors (Lipinski definition) is 5. The maximum absolute atomic E-state index is 6.53. The van der Waals surface area contributed by atoms with E-state index in [1.807, 2.05) is 18.2 Å². The second-order valence-electron chi connectivity index (χ2n) is 17.6. The Morgan fingerprint density at radius 1 is 0.412 bits per heavy atom. The van der Waals surface area contributed by atoms with E-state index in [2.05, 4.69) is 146 Å². The number of rotatable bonds is 10. The molecule has 4 aromatic rings. The van der Waals surface area contributed by atoms with E-state index in [9.17, 15) is 0 Å². The minimum Gasteiger partial charge on any atom is -0.496 e. The first kappa shape index (κ1) is 40.5. The zero-order valence-electron chi connectivity index (χ0n) is 33.8. The van der Waals surface area contributed by atoms with Crippen LogP contribution in [0.4, 0.5) is 0 Å². The molecule has 2 unspecified atom stereocenters. The second kappa shape index (κ2) is 15.4. The summed E-state index contributed by atoms with van der Waals surface area (Å²) >= 11 is 0. The fourth-order valence-electron chi connectivity index (χ4n) is 6.04. The molecule has 276 valence electrons. The van der Waals surface area contributed by atoms with Crippen molar-refractivity contribution in [1.29, 1.82) is 0 Å². The van der Waals surface area contributed by atoms with Crippen molar-refractivity contribution in [2.24, 2.45) is 0 Å². The fraction of sp³-hybridized carbons (Fsp3) is 0.455. The molecule has 2 atom stereocenters. The van der Waals surface area contributed by atoms with Gasteiger partial charge in [-0.2, -0.15) is 0 Å². The molecule has 0 aliphatic rings. The molecule has 0 heterocycles. The summed E-state index contributed by atoms with van der Waals surface area (Å²) in [4.78, 5) is 0. The average molecular weight is 731 g/mol. The van der Waals surface area contributed by atoms with Gasteiger partial charge in [0.1, 0.15) is 28.7 Å². The maximum Gasteiger partial charge on any atom is 0.275 e. The fourth-order valence-corrected chi connectivity index (χ4v) is 7.17. The SMILES string of the molecule is COc1ccc(OPOc2ccc(C(C)(C)C)cc2C(C)(C)C)c(-c2c(OPOc3ccc(C(C)(C)C)cc3C(C)(C)C)ccc(C)c2C)c1C. The molecular weight excluding hydrogens is 670 g/mol. The van der Waals surface area contributed by atoms with E-state index < -0.39 is 0 Å². The lowest BCUT2D eigenvalue weighted by atomic mass is 9.80. The molecule has 7 heteroatoms. The minimum absolute atomic E-state index is 0.0374. The van der Waals surface area contributed by atoms with Crippen molar-refractivity contribution in [3.8, 4) is 39.9 Å². The van der Waals surface area contributed by atoms with Gasteiger partial charge in [-0.1, -0.05) is 113 Å². The standard InChI is InChI=1S/C44H60O5P2/c1-27-17-20-37(48-50-46-35-21-18-30(41(4,5)6)25-32(35)43(10,11)12)39(28(27)2)40-29(3)34(45-16)23-24-38(40)49-51-47-36-22-19-31(42(7,8)9)26-33(36)44(13,14)15/h17-26,50-51H,1-16H3. The summed E-state index contributed by atoms with van der Waals surface area (Å²) in [5, 5.41) is 0. The Bertz CT molecular complexity index is 1850. The molecule has 51 heavy (non-hydrogen) atoms. The molecule has 0 aromatic heterocycles. The molecular formula is C44H60O5P2. The Hall–Kier alpha value is -3.26. The molecule has 0 spiro atoms. The van der Waals surface area contributed by atoms with E-state index in [4.69, 9.17) is 22.8 Å². The highest BCUT2D eigenvalue weighted by molar-refractivity contribution is 7.27. The van der Waals surface area contributed by atoms with Gasteiger partial charge in [-0.3, -0.25) is 0 Å². The van der Waals surface area contributed by atoms with Gasteiger partial charge in [-0.15, -0.1) is 0 Å². The predicted molar refractivity (Wildman–Crippen MR) is 219 cm³/mol. The van der Waals surface area contributed by atoms with Crippen molar-refractivity contribution in [1.82, 2.24) is 0 Å². The van der Waals surface area contributed by atoms with Gasteiger partial charge in [0, 0.05) is 27.8 Å². The number of benzene rings is 4. The molecule has 4 aromatic carbocycles. The van der Waals surface area contributed by atoms with E-state index in [1.54, 1.807) is 7.11 Å². The summed E-state index contributed by atoms with van der Waals surface area (Å²) in [6.07, 6.45) is 0. The molecule has 0 aliphatic carbocycles. The highest BCUT2D eigenvalue weighted by atomic mass is 31.1. The topological polar surface area (TPSA) is 46.2 Å². The summed E-state index contributed by atoms with van der Waals surface area (Å²) in [5.41, 5.74) is 9.83. The summed E-state index contributed by atoms with van der Waals surface area (Å²) in [5.74, 6) is 3.86. The zero-order chi connectivity index (χ0) is 38.1. The van der Waals surface area contributed by atoms with Gasteiger partial charge in [0.15, 0.2) is 0 Å². The first-order valence-corrected chi connectivity index (χ1v) is 19.4. The minimum atomic E-state index is -0.263. The van der Waals surface area contributed by atoms with Crippen molar-refractivity contribution in [3.63, 3.8) is 0 Å². The average Bonchev–Trinajstić information content (AvgIpc) is 3.02. The highest BCUT2D eigenvalue weighted by Gasteiger charge is 2.26. The van der Waals surface area contributed by atoms with Crippen molar-refractivity contribution < 1.29 is 22.8 Å². The van der Waals surface area contributed by atoms with Crippen LogP contribution in [-0.4, -0.2) is 7.11 Å². The summed E-state index contributed by atoms with van der Waals surface area (Å²) < 4.78 is 31.7. The van der Waals surface area contributed by atoms with E-state index >= 15 is 0 Å². The van der Waals surface area contributed by atoms with Crippen LogP contribution in [0.3, 0.4) is 0 Å². The Balaban J connectivity index is 1.68. The molecule has 0 radical (unpaired) electrons. The van der Waals surface area contributed by atoms with Gasteiger partial charge in [0.25, 0.3) is 18.1 Å². The van der Waals surface area contributed by atoms with Gasteiger partial charge in [0.2, 0.25) is 0 Å². The van der Waals surface area contributed by atoms with Crippen molar-refractivity contribution in [2.45, 2.75) is 126 Å². The normalized spacial score (nSPS) is 12.9. The van der Waals surface area contributed by atoms with Crippen molar-refractivity contribution in [3.05, 3.63) is 99.6 Å². The second-order valence-corrected chi connectivity index (χ2v) is 18.8. The third kappa shape index (κ3) is 9.60. The van der Waals surface area contributed by atoms with Crippen LogP contribution in [0.5, 0.6) is 28.7 Å². The quantitative estimate of drug-likeness (QED) is 0.152. The molecule has 4 rings (SSSR count). The molecule has 0 amide bonds. The summed E-state index contributed by atoms with van der Waals surface area (Å²) in [6.45, 7) is 33.0. The molecule has 0 aliphatic heterocycles. The van der Waals surface area contributed by atoms with Crippen LogP contribution in [-0.2, 0) is 21.7 Å². The lowest BCUT2D eigenvalue weighted by Crippen LogP contribution is -2.17. The molecule has 0 bridgehead atoms. The Labute approximate surface area is 312 Å². The van der Waals surface area contributed by atoms with Gasteiger partial charge < -0.3 is 22.8 Å². The molecule has 0 saturated carbocycles. The van der Waals surface area contributed by atoms with E-state index in [1.165, 1.54) is 11.1 Å². The third-order valence-corrected chi connectivity index (χ3v) is 10.7. The van der Waals surface area contributed by atoms with E-state index in [-0.39, 0.29) is 39.7 Å². The number of ether oxygens (including phenoxy) is 1. The van der Waals surface area contributed by atoms with Gasteiger partial charge in [0.05, 0.1) is 7.11 Å². The van der Waals surface area contributed by atoms with Crippen LogP contribution < -0.4 is 22.8 Å². The maximum atomic E-state index is 6.53.